The van der Waals surface area contributed by atoms with E-state index in [1.807, 2.05) is 12.3 Å². The second kappa shape index (κ2) is 6.13. The van der Waals surface area contributed by atoms with Crippen molar-refractivity contribution in [2.45, 2.75) is 50.6 Å². The zero-order chi connectivity index (χ0) is 18.5. The summed E-state index contributed by atoms with van der Waals surface area (Å²) >= 11 is 0. The number of allylic oxidation sites excluding steroid dienone is 2. The van der Waals surface area contributed by atoms with Crippen LogP contribution in [0.25, 0.3) is 0 Å². The molecule has 1 aliphatic carbocycles. The number of ketones is 1. The Kier molecular flexibility index (Phi) is 3.83. The van der Waals surface area contributed by atoms with E-state index in [4.69, 9.17) is 4.74 Å². The Morgan fingerprint density at radius 1 is 1.26 bits per heavy atom. The van der Waals surface area contributed by atoms with Crippen molar-refractivity contribution in [2.24, 2.45) is 15.6 Å². The largest absolute Gasteiger partial charge is 0.381 e. The van der Waals surface area contributed by atoms with Crippen LogP contribution in [0.4, 0.5) is 0 Å². The summed E-state index contributed by atoms with van der Waals surface area (Å²) in [6.45, 7) is 3.65. The van der Waals surface area contributed by atoms with Crippen molar-refractivity contribution in [3.05, 3.63) is 58.9 Å². The lowest BCUT2D eigenvalue weighted by molar-refractivity contribution is -0.123. The molecule has 4 aliphatic rings. The number of azo groups is 1. The SMILES string of the molecule is CC[C@@]1(c2ccccc2)C2=CN=NC2NC2=C1C(=O)C[C@]1(CCCOC1)C2. The summed E-state index contributed by atoms with van der Waals surface area (Å²) in [5.74, 6) is 0.256. The van der Waals surface area contributed by atoms with Gasteiger partial charge in [0.15, 0.2) is 11.9 Å². The molecular formula is C22H25N3O2. The van der Waals surface area contributed by atoms with Gasteiger partial charge in [-0.05, 0) is 31.2 Å². The molecule has 1 unspecified atom stereocenters. The van der Waals surface area contributed by atoms with E-state index in [1.54, 1.807) is 0 Å². The Morgan fingerprint density at radius 2 is 2.11 bits per heavy atom. The third-order valence-corrected chi connectivity index (χ3v) is 6.77. The maximum atomic E-state index is 13.6. The van der Waals surface area contributed by atoms with Gasteiger partial charge in [-0.1, -0.05) is 37.3 Å². The highest BCUT2D eigenvalue weighted by Gasteiger charge is 2.54. The fourth-order valence-electron chi connectivity index (χ4n) is 5.60. The average Bonchev–Trinajstić information content (AvgIpc) is 3.16. The van der Waals surface area contributed by atoms with Gasteiger partial charge in [-0.3, -0.25) is 4.79 Å². The number of nitrogens with zero attached hydrogens (tertiary/aromatic N) is 2. The number of ether oxygens (including phenoxy) is 1. The number of fused-ring (bicyclic) bond motifs is 1. The number of hydrogen-bond acceptors (Lipinski definition) is 5. The van der Waals surface area contributed by atoms with Crippen molar-refractivity contribution >= 4 is 5.78 Å². The van der Waals surface area contributed by atoms with E-state index in [9.17, 15) is 4.79 Å². The van der Waals surface area contributed by atoms with Crippen LogP contribution < -0.4 is 5.32 Å². The molecule has 27 heavy (non-hydrogen) atoms. The van der Waals surface area contributed by atoms with Gasteiger partial charge in [-0.15, -0.1) is 0 Å². The van der Waals surface area contributed by atoms with Gasteiger partial charge >= 0.3 is 0 Å². The van der Waals surface area contributed by atoms with E-state index in [2.05, 4.69) is 46.7 Å². The third kappa shape index (κ3) is 2.37. The zero-order valence-electron chi connectivity index (χ0n) is 15.7. The van der Waals surface area contributed by atoms with Gasteiger partial charge in [0.1, 0.15) is 0 Å². The Balaban J connectivity index is 1.69. The van der Waals surface area contributed by atoms with E-state index in [0.29, 0.717) is 13.0 Å². The first-order chi connectivity index (χ1) is 13.2. The molecule has 0 bridgehead atoms. The molecule has 0 amide bonds. The lowest BCUT2D eigenvalue weighted by atomic mass is 9.57. The molecule has 3 aliphatic heterocycles. The Bertz CT molecular complexity index is 865. The van der Waals surface area contributed by atoms with Gasteiger partial charge < -0.3 is 10.1 Å². The predicted molar refractivity (Wildman–Crippen MR) is 102 cm³/mol. The fourth-order valence-corrected chi connectivity index (χ4v) is 5.60. The van der Waals surface area contributed by atoms with Crippen LogP contribution in [0.1, 0.15) is 44.6 Å². The minimum atomic E-state index is -0.440. The van der Waals surface area contributed by atoms with E-state index in [1.165, 1.54) is 0 Å². The average molecular weight is 363 g/mol. The summed E-state index contributed by atoms with van der Waals surface area (Å²) < 4.78 is 5.78. The monoisotopic (exact) mass is 363 g/mol. The van der Waals surface area contributed by atoms with Crippen molar-refractivity contribution in [3.8, 4) is 0 Å². The molecule has 1 saturated heterocycles. The summed E-state index contributed by atoms with van der Waals surface area (Å²) in [6, 6.07) is 10.4. The molecule has 1 aromatic rings. The first-order valence-electron chi connectivity index (χ1n) is 9.96. The summed E-state index contributed by atoms with van der Waals surface area (Å²) in [4.78, 5) is 13.6. The molecule has 0 aromatic heterocycles. The number of hydrogen-bond donors (Lipinski definition) is 1. The van der Waals surface area contributed by atoms with Crippen molar-refractivity contribution in [1.29, 1.82) is 0 Å². The van der Waals surface area contributed by atoms with Gasteiger partial charge in [0, 0.05) is 35.3 Å². The summed E-state index contributed by atoms with van der Waals surface area (Å²) in [5, 5.41) is 12.2. The minimum Gasteiger partial charge on any atom is -0.381 e. The zero-order valence-corrected chi connectivity index (χ0v) is 15.7. The van der Waals surface area contributed by atoms with Crippen molar-refractivity contribution in [2.75, 3.05) is 13.2 Å². The minimum absolute atomic E-state index is 0.0612. The standard InChI is InChI=1S/C22H25N3O2/c1-2-22(15-7-4-3-5-8-15)16-13-23-25-20(16)24-17-11-21(9-6-10-27-14-21)12-18(26)19(17)22/h3-5,7-8,13,20,24H,2,6,9-12,14H2,1H3/t20?,21-,22+/m0/s1. The normalized spacial score (nSPS) is 34.9. The van der Waals surface area contributed by atoms with Crippen LogP contribution in [0, 0.1) is 5.41 Å². The molecule has 0 radical (unpaired) electrons. The van der Waals surface area contributed by atoms with E-state index in [0.717, 1.165) is 54.7 Å². The highest BCUT2D eigenvalue weighted by Crippen LogP contribution is 2.54. The van der Waals surface area contributed by atoms with Crippen LogP contribution in [0.3, 0.4) is 0 Å². The predicted octanol–water partition coefficient (Wildman–Crippen LogP) is 4.03. The first kappa shape index (κ1) is 16.9. The van der Waals surface area contributed by atoms with Crippen LogP contribution in [-0.4, -0.2) is 25.2 Å². The highest BCUT2D eigenvalue weighted by molar-refractivity contribution is 6.01. The topological polar surface area (TPSA) is 63.0 Å². The molecule has 5 heteroatoms. The number of nitrogens with one attached hydrogen (secondary N) is 1. The molecule has 1 N–H and O–H groups in total. The van der Waals surface area contributed by atoms with E-state index < -0.39 is 5.41 Å². The highest BCUT2D eigenvalue weighted by atomic mass is 16.5. The lowest BCUT2D eigenvalue weighted by Crippen LogP contribution is -2.53. The molecular weight excluding hydrogens is 338 g/mol. The van der Waals surface area contributed by atoms with Gasteiger partial charge in [0.2, 0.25) is 0 Å². The first-order valence-corrected chi connectivity index (χ1v) is 9.96. The molecule has 3 atom stereocenters. The molecule has 1 fully saturated rings. The van der Waals surface area contributed by atoms with Gasteiger partial charge in [-0.2, -0.15) is 10.2 Å². The fraction of sp³-hybridized carbons (Fsp3) is 0.500. The second-order valence-electron chi connectivity index (χ2n) is 8.27. The Hall–Kier alpha value is -2.27. The van der Waals surface area contributed by atoms with E-state index in [-0.39, 0.29) is 17.4 Å². The number of rotatable bonds is 2. The summed E-state index contributed by atoms with van der Waals surface area (Å²) in [6.07, 6.45) is 6.03. The maximum absolute atomic E-state index is 13.6. The molecule has 5 rings (SSSR count). The second-order valence-corrected chi connectivity index (χ2v) is 8.27. The van der Waals surface area contributed by atoms with Crippen LogP contribution in [0.15, 0.2) is 63.6 Å². The molecule has 0 saturated carbocycles. The van der Waals surface area contributed by atoms with Crippen molar-refractivity contribution in [1.82, 2.24) is 5.32 Å². The maximum Gasteiger partial charge on any atom is 0.164 e. The van der Waals surface area contributed by atoms with Crippen LogP contribution in [-0.2, 0) is 14.9 Å². The lowest BCUT2D eigenvalue weighted by Gasteiger charge is -2.49. The van der Waals surface area contributed by atoms with Crippen LogP contribution in [0.2, 0.25) is 0 Å². The van der Waals surface area contributed by atoms with Gasteiger partial charge in [0.05, 0.1) is 18.2 Å². The van der Waals surface area contributed by atoms with Gasteiger partial charge in [0.25, 0.3) is 0 Å². The number of carbonyl (C=O) groups excluding carboxylic acids is 1. The van der Waals surface area contributed by atoms with Gasteiger partial charge in [-0.25, -0.2) is 0 Å². The van der Waals surface area contributed by atoms with Crippen molar-refractivity contribution < 1.29 is 9.53 Å². The molecule has 5 nitrogen and oxygen atoms in total. The molecule has 3 heterocycles. The number of benzene rings is 1. The van der Waals surface area contributed by atoms with Crippen LogP contribution >= 0.6 is 0 Å². The smallest absolute Gasteiger partial charge is 0.164 e. The Morgan fingerprint density at radius 3 is 2.85 bits per heavy atom. The molecule has 140 valence electrons. The molecule has 1 aromatic carbocycles. The van der Waals surface area contributed by atoms with Crippen LogP contribution in [0.5, 0.6) is 0 Å². The quantitative estimate of drug-likeness (QED) is 0.863. The van der Waals surface area contributed by atoms with Crippen molar-refractivity contribution in [3.63, 3.8) is 0 Å². The third-order valence-electron chi connectivity index (χ3n) is 6.77. The number of Topliss-reactive ketones (excluding diaryl/α,β-unsaturated/α-hetero) is 1. The van der Waals surface area contributed by atoms with E-state index >= 15 is 0 Å². The summed E-state index contributed by atoms with van der Waals surface area (Å²) in [7, 11) is 0. The molecule has 1 spiro atoms. The Labute approximate surface area is 159 Å². The summed E-state index contributed by atoms with van der Waals surface area (Å²) in [5.41, 5.74) is 3.75. The number of carbonyl (C=O) groups is 1.